The minimum absolute atomic E-state index is 0.320. The van der Waals surface area contributed by atoms with Crippen molar-refractivity contribution < 1.29 is 14.3 Å². The molecule has 0 aromatic heterocycles. The molecule has 80 valence electrons. The number of nitrogens with two attached hydrogens (primary N) is 1. The molecule has 1 unspecified atom stereocenters. The quantitative estimate of drug-likeness (QED) is 0.559. The molecule has 1 aliphatic rings. The molecule has 0 aliphatic carbocycles. The molecule has 2 rings (SSSR count). The smallest absolute Gasteiger partial charge is 0.305 e. The Labute approximate surface area is 88.0 Å². The number of esters is 1. The van der Waals surface area contributed by atoms with E-state index in [1.54, 1.807) is 12.1 Å². The molecule has 4 heteroatoms. The van der Waals surface area contributed by atoms with Gasteiger partial charge in [-0.25, -0.2) is 0 Å². The summed E-state index contributed by atoms with van der Waals surface area (Å²) in [6.45, 7) is 1.38. The molecule has 0 bridgehead atoms. The number of nitrogen functional groups attached to an aromatic ring is 1. The fraction of sp³-hybridized carbons (Fsp3) is 0.364. The highest BCUT2D eigenvalue weighted by molar-refractivity contribution is 5.66. The molecule has 1 atom stereocenters. The number of rotatable bonds is 1. The number of anilines is 1. The molecule has 0 saturated heterocycles. The van der Waals surface area contributed by atoms with Gasteiger partial charge in [-0.3, -0.25) is 4.79 Å². The summed E-state index contributed by atoms with van der Waals surface area (Å²) in [6.07, 6.45) is 1.03. The van der Waals surface area contributed by atoms with E-state index in [1.807, 2.05) is 6.07 Å². The van der Waals surface area contributed by atoms with E-state index < -0.39 is 6.29 Å². The second kappa shape index (κ2) is 3.81. The highest BCUT2D eigenvalue weighted by atomic mass is 16.7. The Kier molecular flexibility index (Phi) is 2.49. The summed E-state index contributed by atoms with van der Waals surface area (Å²) in [6, 6.07) is 5.47. The molecule has 0 spiro atoms. The minimum atomic E-state index is -0.460. The van der Waals surface area contributed by atoms with Crippen molar-refractivity contribution in [3.63, 3.8) is 0 Å². The number of benzene rings is 1. The van der Waals surface area contributed by atoms with Gasteiger partial charge in [0.15, 0.2) is 0 Å². The van der Waals surface area contributed by atoms with E-state index in [0.29, 0.717) is 6.42 Å². The largest absolute Gasteiger partial charge is 0.454 e. The molecule has 0 fully saturated rings. The van der Waals surface area contributed by atoms with Crippen LogP contribution in [0.25, 0.3) is 0 Å². The highest BCUT2D eigenvalue weighted by Crippen LogP contribution is 2.29. The van der Waals surface area contributed by atoms with Gasteiger partial charge in [-0.15, -0.1) is 0 Å². The standard InChI is InChI=1S/C11H13NO3/c1-7(13)14-11-5-2-8-6-9(12)3-4-10(8)15-11/h3-4,6,11H,2,5,12H2,1H3. The summed E-state index contributed by atoms with van der Waals surface area (Å²) in [4.78, 5) is 10.8. The van der Waals surface area contributed by atoms with Crippen LogP contribution in [0, 0.1) is 0 Å². The first-order valence-electron chi connectivity index (χ1n) is 4.87. The van der Waals surface area contributed by atoms with E-state index in [9.17, 15) is 4.79 Å². The van der Waals surface area contributed by atoms with Crippen LogP contribution in [0.5, 0.6) is 5.75 Å². The molecular formula is C11H13NO3. The molecule has 0 radical (unpaired) electrons. The van der Waals surface area contributed by atoms with Gasteiger partial charge in [-0.2, -0.15) is 0 Å². The van der Waals surface area contributed by atoms with Crippen LogP contribution in [-0.2, 0) is 16.0 Å². The first-order valence-corrected chi connectivity index (χ1v) is 4.87. The predicted octanol–water partition coefficient (Wildman–Crippen LogP) is 1.48. The van der Waals surface area contributed by atoms with E-state index >= 15 is 0 Å². The number of ether oxygens (including phenoxy) is 2. The molecule has 0 amide bonds. The lowest BCUT2D eigenvalue weighted by atomic mass is 10.1. The monoisotopic (exact) mass is 207 g/mol. The van der Waals surface area contributed by atoms with Crippen molar-refractivity contribution in [2.24, 2.45) is 0 Å². The fourth-order valence-corrected chi connectivity index (χ4v) is 1.65. The first-order chi connectivity index (χ1) is 7.15. The van der Waals surface area contributed by atoms with Gasteiger partial charge in [0.05, 0.1) is 0 Å². The lowest BCUT2D eigenvalue weighted by molar-refractivity contribution is -0.162. The topological polar surface area (TPSA) is 61.5 Å². The average molecular weight is 207 g/mol. The maximum atomic E-state index is 10.8. The number of aryl methyl sites for hydroxylation is 1. The fourth-order valence-electron chi connectivity index (χ4n) is 1.65. The number of hydrogen-bond donors (Lipinski definition) is 1. The number of fused-ring (bicyclic) bond motifs is 1. The van der Waals surface area contributed by atoms with Crippen molar-refractivity contribution in [1.82, 2.24) is 0 Å². The van der Waals surface area contributed by atoms with Crippen molar-refractivity contribution in [2.45, 2.75) is 26.1 Å². The Balaban J connectivity index is 2.13. The molecule has 15 heavy (non-hydrogen) atoms. The van der Waals surface area contributed by atoms with E-state index in [1.165, 1.54) is 6.92 Å². The van der Waals surface area contributed by atoms with Crippen LogP contribution in [0.2, 0.25) is 0 Å². The van der Waals surface area contributed by atoms with Crippen molar-refractivity contribution in [3.05, 3.63) is 23.8 Å². The van der Waals surface area contributed by atoms with Gasteiger partial charge in [0.25, 0.3) is 0 Å². The minimum Gasteiger partial charge on any atom is -0.454 e. The van der Waals surface area contributed by atoms with Crippen LogP contribution < -0.4 is 10.5 Å². The third kappa shape index (κ3) is 2.21. The van der Waals surface area contributed by atoms with Gasteiger partial charge in [-0.1, -0.05) is 0 Å². The predicted molar refractivity (Wildman–Crippen MR) is 55.4 cm³/mol. The molecule has 1 aromatic rings. The summed E-state index contributed by atoms with van der Waals surface area (Å²) in [5.74, 6) is 0.431. The van der Waals surface area contributed by atoms with Crippen LogP contribution in [-0.4, -0.2) is 12.3 Å². The van der Waals surface area contributed by atoms with Crippen molar-refractivity contribution >= 4 is 11.7 Å². The van der Waals surface area contributed by atoms with Crippen LogP contribution >= 0.6 is 0 Å². The SMILES string of the molecule is CC(=O)OC1CCc2cc(N)ccc2O1. The van der Waals surface area contributed by atoms with E-state index in [0.717, 1.165) is 23.4 Å². The maximum absolute atomic E-state index is 10.8. The van der Waals surface area contributed by atoms with Gasteiger partial charge in [-0.05, 0) is 30.2 Å². The first kappa shape index (κ1) is 9.83. The van der Waals surface area contributed by atoms with Gasteiger partial charge < -0.3 is 15.2 Å². The Morgan fingerprint density at radius 3 is 3.13 bits per heavy atom. The molecule has 1 aliphatic heterocycles. The lowest BCUT2D eigenvalue weighted by Crippen LogP contribution is -2.27. The Morgan fingerprint density at radius 1 is 1.60 bits per heavy atom. The summed E-state index contributed by atoms with van der Waals surface area (Å²) >= 11 is 0. The number of carbonyl (C=O) groups excluding carboxylic acids is 1. The molecule has 4 nitrogen and oxygen atoms in total. The zero-order valence-corrected chi connectivity index (χ0v) is 8.53. The zero-order valence-electron chi connectivity index (χ0n) is 8.53. The van der Waals surface area contributed by atoms with Crippen molar-refractivity contribution in [1.29, 1.82) is 0 Å². The summed E-state index contributed by atoms with van der Waals surface area (Å²) in [5, 5.41) is 0. The average Bonchev–Trinajstić information content (AvgIpc) is 2.17. The summed E-state index contributed by atoms with van der Waals surface area (Å²) < 4.78 is 10.5. The molecule has 0 saturated carbocycles. The van der Waals surface area contributed by atoms with Crippen molar-refractivity contribution in [3.8, 4) is 5.75 Å². The second-order valence-corrected chi connectivity index (χ2v) is 3.56. The lowest BCUT2D eigenvalue weighted by Gasteiger charge is -2.25. The number of carbonyl (C=O) groups is 1. The van der Waals surface area contributed by atoms with Crippen LogP contribution in [0.1, 0.15) is 18.9 Å². The van der Waals surface area contributed by atoms with Crippen LogP contribution in [0.15, 0.2) is 18.2 Å². The third-order valence-electron chi connectivity index (χ3n) is 2.29. The van der Waals surface area contributed by atoms with Crippen LogP contribution in [0.3, 0.4) is 0 Å². The Bertz CT molecular complexity index is 389. The van der Waals surface area contributed by atoms with Crippen LogP contribution in [0.4, 0.5) is 5.69 Å². The zero-order chi connectivity index (χ0) is 10.8. The van der Waals surface area contributed by atoms with Gasteiger partial charge in [0, 0.05) is 19.0 Å². The maximum Gasteiger partial charge on any atom is 0.305 e. The van der Waals surface area contributed by atoms with E-state index in [-0.39, 0.29) is 5.97 Å². The van der Waals surface area contributed by atoms with E-state index in [4.69, 9.17) is 15.2 Å². The normalized spacial score (nSPS) is 18.9. The molecule has 1 aromatic carbocycles. The van der Waals surface area contributed by atoms with Gasteiger partial charge in [0.2, 0.25) is 6.29 Å². The number of hydrogen-bond acceptors (Lipinski definition) is 4. The highest BCUT2D eigenvalue weighted by Gasteiger charge is 2.21. The second-order valence-electron chi connectivity index (χ2n) is 3.56. The Morgan fingerprint density at radius 2 is 2.40 bits per heavy atom. The summed E-state index contributed by atoms with van der Waals surface area (Å²) in [7, 11) is 0. The van der Waals surface area contributed by atoms with Crippen molar-refractivity contribution in [2.75, 3.05) is 5.73 Å². The molecule has 1 heterocycles. The van der Waals surface area contributed by atoms with E-state index in [2.05, 4.69) is 0 Å². The Hall–Kier alpha value is -1.71. The molecule has 2 N–H and O–H groups in total. The van der Waals surface area contributed by atoms with Gasteiger partial charge >= 0.3 is 5.97 Å². The van der Waals surface area contributed by atoms with Gasteiger partial charge in [0.1, 0.15) is 5.75 Å². The summed E-state index contributed by atoms with van der Waals surface area (Å²) in [5.41, 5.74) is 7.45. The molecular weight excluding hydrogens is 194 g/mol. The third-order valence-corrected chi connectivity index (χ3v) is 2.29.